The molecule has 0 bridgehead atoms. The highest BCUT2D eigenvalue weighted by Crippen LogP contribution is 2.19. The standard InChI is InChI=1S/C13H21N3O/c1-2-17-12-4-3-7-16(10-12)13-6-5-11(8-14)9-15-13/h5-6,9,12H,2-4,7-8,10,14H2,1H3. The Labute approximate surface area is 103 Å². The summed E-state index contributed by atoms with van der Waals surface area (Å²) in [5, 5.41) is 0. The third-order valence-electron chi connectivity index (χ3n) is 3.15. The molecule has 1 saturated heterocycles. The minimum Gasteiger partial charge on any atom is -0.377 e. The Bertz CT molecular complexity index is 337. The highest BCUT2D eigenvalue weighted by Gasteiger charge is 2.20. The minimum absolute atomic E-state index is 0.352. The van der Waals surface area contributed by atoms with Crippen LogP contribution in [0.4, 0.5) is 5.82 Å². The number of hydrogen-bond donors (Lipinski definition) is 1. The fraction of sp³-hybridized carbons (Fsp3) is 0.615. The summed E-state index contributed by atoms with van der Waals surface area (Å²) in [5.41, 5.74) is 6.64. The second kappa shape index (κ2) is 5.98. The van der Waals surface area contributed by atoms with Crippen LogP contribution in [0.25, 0.3) is 0 Å². The van der Waals surface area contributed by atoms with E-state index in [1.807, 2.05) is 19.2 Å². The molecule has 2 rings (SSSR count). The number of nitrogens with zero attached hydrogens (tertiary/aromatic N) is 2. The van der Waals surface area contributed by atoms with E-state index in [9.17, 15) is 0 Å². The average molecular weight is 235 g/mol. The van der Waals surface area contributed by atoms with Crippen LogP contribution in [0, 0.1) is 0 Å². The highest BCUT2D eigenvalue weighted by molar-refractivity contribution is 5.40. The first-order valence-corrected chi connectivity index (χ1v) is 6.35. The molecule has 1 aromatic rings. The van der Waals surface area contributed by atoms with Crippen LogP contribution < -0.4 is 10.6 Å². The van der Waals surface area contributed by atoms with Crippen molar-refractivity contribution < 1.29 is 4.74 Å². The van der Waals surface area contributed by atoms with Gasteiger partial charge >= 0.3 is 0 Å². The van der Waals surface area contributed by atoms with Gasteiger partial charge in [-0.2, -0.15) is 0 Å². The molecule has 0 spiro atoms. The molecule has 2 heterocycles. The lowest BCUT2D eigenvalue weighted by Gasteiger charge is -2.33. The van der Waals surface area contributed by atoms with Crippen LogP contribution in [0.2, 0.25) is 0 Å². The van der Waals surface area contributed by atoms with Gasteiger partial charge in [0, 0.05) is 32.4 Å². The van der Waals surface area contributed by atoms with E-state index in [1.165, 1.54) is 6.42 Å². The van der Waals surface area contributed by atoms with Gasteiger partial charge in [0.15, 0.2) is 0 Å². The summed E-state index contributed by atoms with van der Waals surface area (Å²) < 4.78 is 5.69. The lowest BCUT2D eigenvalue weighted by molar-refractivity contribution is 0.0525. The van der Waals surface area contributed by atoms with E-state index < -0.39 is 0 Å². The zero-order valence-electron chi connectivity index (χ0n) is 10.4. The number of anilines is 1. The summed E-state index contributed by atoms with van der Waals surface area (Å²) in [4.78, 5) is 6.75. The number of pyridine rings is 1. The predicted octanol–water partition coefficient (Wildman–Crippen LogP) is 1.55. The van der Waals surface area contributed by atoms with Crippen molar-refractivity contribution in [3.63, 3.8) is 0 Å². The van der Waals surface area contributed by atoms with Gasteiger partial charge in [0.05, 0.1) is 6.10 Å². The van der Waals surface area contributed by atoms with E-state index in [1.54, 1.807) is 0 Å². The van der Waals surface area contributed by atoms with Gasteiger partial charge in [0.1, 0.15) is 5.82 Å². The fourth-order valence-corrected chi connectivity index (χ4v) is 2.24. The van der Waals surface area contributed by atoms with Crippen LogP contribution in [0.15, 0.2) is 18.3 Å². The molecule has 1 atom stereocenters. The minimum atomic E-state index is 0.352. The number of hydrogen-bond acceptors (Lipinski definition) is 4. The Morgan fingerprint density at radius 1 is 1.53 bits per heavy atom. The molecule has 1 unspecified atom stereocenters. The SMILES string of the molecule is CCOC1CCCN(c2ccc(CN)cn2)C1. The van der Waals surface area contributed by atoms with Crippen molar-refractivity contribution in [2.45, 2.75) is 32.4 Å². The summed E-state index contributed by atoms with van der Waals surface area (Å²) in [6.45, 7) is 5.40. The molecule has 17 heavy (non-hydrogen) atoms. The molecule has 1 aromatic heterocycles. The van der Waals surface area contributed by atoms with Gasteiger partial charge in [-0.25, -0.2) is 4.98 Å². The zero-order valence-corrected chi connectivity index (χ0v) is 10.4. The van der Waals surface area contributed by atoms with Gasteiger partial charge in [-0.3, -0.25) is 0 Å². The summed E-state index contributed by atoms with van der Waals surface area (Å²) in [6.07, 6.45) is 4.54. The van der Waals surface area contributed by atoms with E-state index >= 15 is 0 Å². The normalized spacial score (nSPS) is 20.6. The maximum Gasteiger partial charge on any atom is 0.128 e. The van der Waals surface area contributed by atoms with Crippen LogP contribution in [-0.2, 0) is 11.3 Å². The number of piperidine rings is 1. The Morgan fingerprint density at radius 2 is 2.41 bits per heavy atom. The summed E-state index contributed by atoms with van der Waals surface area (Å²) >= 11 is 0. The van der Waals surface area contributed by atoms with Crippen molar-refractivity contribution in [3.05, 3.63) is 23.9 Å². The Hall–Kier alpha value is -1.13. The topological polar surface area (TPSA) is 51.4 Å². The monoisotopic (exact) mass is 235 g/mol. The van der Waals surface area contributed by atoms with E-state index in [0.29, 0.717) is 12.6 Å². The molecule has 0 saturated carbocycles. The largest absolute Gasteiger partial charge is 0.377 e. The number of rotatable bonds is 4. The Balaban J connectivity index is 2.00. The van der Waals surface area contributed by atoms with Crippen molar-refractivity contribution in [2.24, 2.45) is 5.73 Å². The Kier molecular flexibility index (Phi) is 4.34. The van der Waals surface area contributed by atoms with Crippen molar-refractivity contribution in [1.29, 1.82) is 0 Å². The van der Waals surface area contributed by atoms with Crippen LogP contribution >= 0.6 is 0 Å². The maximum atomic E-state index is 5.69. The molecule has 2 N–H and O–H groups in total. The van der Waals surface area contributed by atoms with Crippen molar-refractivity contribution in [3.8, 4) is 0 Å². The first-order valence-electron chi connectivity index (χ1n) is 6.35. The molecular formula is C13H21N3O. The maximum absolute atomic E-state index is 5.69. The van der Waals surface area contributed by atoms with Gasteiger partial charge in [0.25, 0.3) is 0 Å². The molecule has 94 valence electrons. The molecule has 1 fully saturated rings. The Morgan fingerprint density at radius 3 is 3.06 bits per heavy atom. The first-order chi connectivity index (χ1) is 8.33. The van der Waals surface area contributed by atoms with Crippen molar-refractivity contribution in [2.75, 3.05) is 24.6 Å². The summed E-state index contributed by atoms with van der Waals surface area (Å²) in [5.74, 6) is 1.03. The van der Waals surface area contributed by atoms with Crippen molar-refractivity contribution >= 4 is 5.82 Å². The smallest absolute Gasteiger partial charge is 0.128 e. The quantitative estimate of drug-likeness (QED) is 0.860. The van der Waals surface area contributed by atoms with Gasteiger partial charge in [-0.05, 0) is 31.4 Å². The molecular weight excluding hydrogens is 214 g/mol. The van der Waals surface area contributed by atoms with E-state index in [2.05, 4.69) is 16.0 Å². The van der Waals surface area contributed by atoms with Gasteiger partial charge in [-0.1, -0.05) is 6.07 Å². The fourth-order valence-electron chi connectivity index (χ4n) is 2.24. The van der Waals surface area contributed by atoms with Crippen molar-refractivity contribution in [1.82, 2.24) is 4.98 Å². The lowest BCUT2D eigenvalue weighted by Crippen LogP contribution is -2.40. The second-order valence-corrected chi connectivity index (χ2v) is 4.39. The molecule has 1 aliphatic heterocycles. The highest BCUT2D eigenvalue weighted by atomic mass is 16.5. The lowest BCUT2D eigenvalue weighted by atomic mass is 10.1. The van der Waals surface area contributed by atoms with Crippen LogP contribution in [0.5, 0.6) is 0 Å². The molecule has 0 aliphatic carbocycles. The van der Waals surface area contributed by atoms with Gasteiger partial charge in [-0.15, -0.1) is 0 Å². The number of ether oxygens (including phenoxy) is 1. The zero-order chi connectivity index (χ0) is 12.1. The molecule has 4 nitrogen and oxygen atoms in total. The molecule has 4 heteroatoms. The molecule has 0 aromatic carbocycles. The molecule has 1 aliphatic rings. The molecule has 0 radical (unpaired) electrons. The summed E-state index contributed by atoms with van der Waals surface area (Å²) in [7, 11) is 0. The third kappa shape index (κ3) is 3.17. The van der Waals surface area contributed by atoms with E-state index in [4.69, 9.17) is 10.5 Å². The number of aromatic nitrogens is 1. The van der Waals surface area contributed by atoms with Crippen LogP contribution in [0.1, 0.15) is 25.3 Å². The van der Waals surface area contributed by atoms with Gasteiger partial charge in [0.2, 0.25) is 0 Å². The van der Waals surface area contributed by atoms with Crippen LogP contribution in [-0.4, -0.2) is 30.8 Å². The van der Waals surface area contributed by atoms with Gasteiger partial charge < -0.3 is 15.4 Å². The summed E-state index contributed by atoms with van der Waals surface area (Å²) in [6, 6.07) is 4.10. The average Bonchev–Trinajstić information content (AvgIpc) is 2.40. The van der Waals surface area contributed by atoms with E-state index in [-0.39, 0.29) is 0 Å². The third-order valence-corrected chi connectivity index (χ3v) is 3.15. The molecule has 0 amide bonds. The van der Waals surface area contributed by atoms with Crippen LogP contribution in [0.3, 0.4) is 0 Å². The van der Waals surface area contributed by atoms with E-state index in [0.717, 1.165) is 37.5 Å². The number of nitrogens with two attached hydrogens (primary N) is 1. The predicted molar refractivity (Wildman–Crippen MR) is 69.0 cm³/mol. The first kappa shape index (κ1) is 12.3. The second-order valence-electron chi connectivity index (χ2n) is 4.39.